The maximum absolute atomic E-state index is 12.8. The molecule has 0 saturated carbocycles. The largest absolute Gasteiger partial charge is 0.507 e. The van der Waals surface area contributed by atoms with Gasteiger partial charge in [-0.25, -0.2) is 4.98 Å². The lowest BCUT2D eigenvalue weighted by Gasteiger charge is -2.10. The summed E-state index contributed by atoms with van der Waals surface area (Å²) in [5.74, 6) is -0.143. The predicted molar refractivity (Wildman–Crippen MR) is 91.8 cm³/mol. The van der Waals surface area contributed by atoms with Crippen molar-refractivity contribution in [2.24, 2.45) is 0 Å². The van der Waals surface area contributed by atoms with Crippen LogP contribution in [0.4, 0.5) is 0 Å². The zero-order chi connectivity index (χ0) is 16.4. The minimum absolute atomic E-state index is 0.125. The van der Waals surface area contributed by atoms with Crippen molar-refractivity contribution in [3.63, 3.8) is 0 Å². The van der Waals surface area contributed by atoms with Gasteiger partial charge in [0.25, 0.3) is 0 Å². The van der Waals surface area contributed by atoms with Crippen LogP contribution in [0.2, 0.25) is 0 Å². The van der Waals surface area contributed by atoms with Crippen molar-refractivity contribution in [1.82, 2.24) is 15.0 Å². The highest BCUT2D eigenvalue weighted by atomic mass is 16.3. The number of nitrogens with zero attached hydrogens (tertiary/aromatic N) is 2. The third-order valence-electron chi connectivity index (χ3n) is 4.35. The first-order valence-corrected chi connectivity index (χ1v) is 7.34. The number of aromatic hydroxyl groups is 1. The van der Waals surface area contributed by atoms with Crippen LogP contribution in [-0.4, -0.2) is 20.1 Å². The van der Waals surface area contributed by atoms with Crippen LogP contribution in [0, 0.1) is 0 Å². The zero-order valence-corrected chi connectivity index (χ0v) is 12.2. The minimum atomic E-state index is -0.364. The fourth-order valence-electron chi connectivity index (χ4n) is 3.32. The summed E-state index contributed by atoms with van der Waals surface area (Å²) in [4.78, 5) is 36.7. The normalized spacial score (nSPS) is 11.8. The molecule has 6 nitrogen and oxygen atoms in total. The van der Waals surface area contributed by atoms with Gasteiger partial charge in [0.05, 0.1) is 16.4 Å². The van der Waals surface area contributed by atoms with Crippen molar-refractivity contribution < 1.29 is 5.11 Å². The fraction of sp³-hybridized carbons (Fsp3) is 0. The molecule has 0 bridgehead atoms. The van der Waals surface area contributed by atoms with Gasteiger partial charge in [0.2, 0.25) is 10.9 Å². The van der Waals surface area contributed by atoms with Crippen molar-refractivity contribution in [3.8, 4) is 5.75 Å². The van der Waals surface area contributed by atoms with Crippen LogP contribution in [0.5, 0.6) is 5.75 Å². The molecule has 0 aliphatic heterocycles. The fourth-order valence-corrected chi connectivity index (χ4v) is 3.32. The number of rotatable bonds is 0. The van der Waals surface area contributed by atoms with Crippen LogP contribution in [0.3, 0.4) is 0 Å². The van der Waals surface area contributed by atoms with E-state index in [0.29, 0.717) is 27.3 Å². The lowest BCUT2D eigenvalue weighted by atomic mass is 10.0. The predicted octanol–water partition coefficient (Wildman–Crippen LogP) is 2.28. The monoisotopic (exact) mass is 315 g/mol. The van der Waals surface area contributed by atoms with Gasteiger partial charge in [-0.3, -0.25) is 14.6 Å². The molecule has 0 unspecified atom stereocenters. The number of benzene rings is 2. The highest BCUT2D eigenvalue weighted by molar-refractivity contribution is 6.24. The number of aromatic nitrogens is 3. The summed E-state index contributed by atoms with van der Waals surface area (Å²) in [5, 5.41) is 12.3. The highest BCUT2D eigenvalue weighted by Gasteiger charge is 2.18. The average molecular weight is 315 g/mol. The van der Waals surface area contributed by atoms with Crippen molar-refractivity contribution in [3.05, 3.63) is 63.2 Å². The number of hydrogen-bond donors (Lipinski definition) is 2. The first kappa shape index (κ1) is 13.0. The molecule has 0 aliphatic rings. The van der Waals surface area contributed by atoms with Crippen LogP contribution in [0.25, 0.3) is 43.6 Å². The number of hydrogen-bond acceptors (Lipinski definition) is 5. The molecule has 0 saturated heterocycles. The van der Waals surface area contributed by atoms with Gasteiger partial charge in [0.1, 0.15) is 16.8 Å². The lowest BCUT2D eigenvalue weighted by Crippen LogP contribution is -2.09. The van der Waals surface area contributed by atoms with Gasteiger partial charge in [-0.2, -0.15) is 0 Å². The molecule has 0 aliphatic carbocycles. The molecule has 3 heterocycles. The third-order valence-corrected chi connectivity index (χ3v) is 4.35. The molecule has 0 spiro atoms. The van der Waals surface area contributed by atoms with E-state index in [1.807, 2.05) is 0 Å². The van der Waals surface area contributed by atoms with Gasteiger partial charge in [-0.1, -0.05) is 12.1 Å². The van der Waals surface area contributed by atoms with E-state index in [2.05, 4.69) is 15.0 Å². The van der Waals surface area contributed by atoms with Gasteiger partial charge < -0.3 is 10.1 Å². The van der Waals surface area contributed by atoms with Gasteiger partial charge >= 0.3 is 0 Å². The summed E-state index contributed by atoms with van der Waals surface area (Å²) in [6.07, 6.45) is 3.06. The quantitative estimate of drug-likeness (QED) is 0.337. The van der Waals surface area contributed by atoms with Gasteiger partial charge in [-0.05, 0) is 23.6 Å². The van der Waals surface area contributed by atoms with Crippen LogP contribution in [0.1, 0.15) is 0 Å². The van der Waals surface area contributed by atoms with Crippen molar-refractivity contribution in [1.29, 1.82) is 0 Å². The van der Waals surface area contributed by atoms with E-state index in [-0.39, 0.29) is 27.5 Å². The van der Waals surface area contributed by atoms with E-state index in [9.17, 15) is 14.7 Å². The Balaban J connectivity index is 2.29. The van der Waals surface area contributed by atoms with Gasteiger partial charge in [0.15, 0.2) is 0 Å². The van der Waals surface area contributed by atoms with Gasteiger partial charge in [0, 0.05) is 23.2 Å². The van der Waals surface area contributed by atoms with E-state index in [1.54, 1.807) is 18.2 Å². The molecule has 2 aromatic carbocycles. The summed E-state index contributed by atoms with van der Waals surface area (Å²) >= 11 is 0. The van der Waals surface area contributed by atoms with Crippen molar-refractivity contribution >= 4 is 43.6 Å². The summed E-state index contributed by atoms with van der Waals surface area (Å²) in [5.41, 5.74) is 0.856. The first-order valence-electron chi connectivity index (χ1n) is 7.34. The van der Waals surface area contributed by atoms with Crippen molar-refractivity contribution in [2.75, 3.05) is 0 Å². The van der Waals surface area contributed by atoms with E-state index < -0.39 is 0 Å². The van der Waals surface area contributed by atoms with Crippen LogP contribution in [0.15, 0.2) is 52.3 Å². The SMILES string of the molecule is O=c1cccc2c1nc1c3[nH]ccc(O)c3c(=O)c3nccc2c31. The Hall–Kier alpha value is -3.54. The molecule has 114 valence electrons. The second-order valence-corrected chi connectivity index (χ2v) is 5.64. The number of nitrogens with one attached hydrogen (secondary N) is 1. The molecular formula is C18H9N3O3. The maximum atomic E-state index is 12.8. The molecule has 0 radical (unpaired) electrons. The van der Waals surface area contributed by atoms with Crippen LogP contribution in [-0.2, 0) is 0 Å². The number of para-hydroxylation sites is 1. The van der Waals surface area contributed by atoms with E-state index >= 15 is 0 Å². The van der Waals surface area contributed by atoms with E-state index in [4.69, 9.17) is 0 Å². The molecule has 5 aromatic rings. The number of aromatic amines is 1. The van der Waals surface area contributed by atoms with Crippen molar-refractivity contribution in [2.45, 2.75) is 0 Å². The Morgan fingerprint density at radius 1 is 0.917 bits per heavy atom. The maximum Gasteiger partial charge on any atom is 0.217 e. The Kier molecular flexibility index (Phi) is 2.30. The Bertz CT molecular complexity index is 1410. The van der Waals surface area contributed by atoms with Crippen LogP contribution >= 0.6 is 0 Å². The smallest absolute Gasteiger partial charge is 0.217 e. The molecule has 0 fully saturated rings. The van der Waals surface area contributed by atoms with E-state index in [1.165, 1.54) is 24.5 Å². The molecule has 0 atom stereocenters. The molecule has 6 heteroatoms. The Morgan fingerprint density at radius 2 is 1.79 bits per heavy atom. The number of H-pyrrole nitrogens is 1. The Morgan fingerprint density at radius 3 is 2.67 bits per heavy atom. The summed E-state index contributed by atoms with van der Waals surface area (Å²) in [7, 11) is 0. The molecule has 3 aromatic heterocycles. The lowest BCUT2D eigenvalue weighted by molar-refractivity contribution is 0.481. The summed E-state index contributed by atoms with van der Waals surface area (Å²) in [6, 6.07) is 8.11. The highest BCUT2D eigenvalue weighted by Crippen LogP contribution is 2.33. The summed E-state index contributed by atoms with van der Waals surface area (Å²) < 4.78 is 0. The topological polar surface area (TPSA) is 95.9 Å². The average Bonchev–Trinajstić information content (AvgIpc) is 2.59. The Labute approximate surface area is 133 Å². The third kappa shape index (κ3) is 1.44. The number of fused-ring (bicyclic) bond motifs is 4. The van der Waals surface area contributed by atoms with E-state index in [0.717, 1.165) is 5.39 Å². The zero-order valence-electron chi connectivity index (χ0n) is 12.2. The molecule has 24 heavy (non-hydrogen) atoms. The molecule has 5 rings (SSSR count). The molecular weight excluding hydrogens is 306 g/mol. The van der Waals surface area contributed by atoms with Gasteiger partial charge in [-0.15, -0.1) is 0 Å². The first-order chi connectivity index (χ1) is 11.7. The van der Waals surface area contributed by atoms with Crippen LogP contribution < -0.4 is 10.9 Å². The number of pyridine rings is 3. The molecule has 0 amide bonds. The molecule has 2 N–H and O–H groups in total. The second-order valence-electron chi connectivity index (χ2n) is 5.64. The summed E-state index contributed by atoms with van der Waals surface area (Å²) in [6.45, 7) is 0. The minimum Gasteiger partial charge on any atom is -0.507 e. The second kappa shape index (κ2) is 4.26. The standard InChI is InChI=1S/C18H9N3O3/c22-10-5-7-19-15-13(10)18(24)17-12-8(4-6-20-17)9-2-1-3-11(23)14(9)21-16(12)15/h1-7,19,22H.